The molecular weight excluding hydrogens is 745 g/mol. The van der Waals surface area contributed by atoms with E-state index in [2.05, 4.69) is 118 Å². The Bertz CT molecular complexity index is 1230. The molecule has 0 fully saturated rings. The van der Waals surface area contributed by atoms with Gasteiger partial charge in [-0.1, -0.05) is 176 Å². The average molecular weight is 833 g/mol. The second-order valence-electron chi connectivity index (χ2n) is 15.6. The summed E-state index contributed by atoms with van der Waals surface area (Å²) in [6.07, 6.45) is 62.6. The summed E-state index contributed by atoms with van der Waals surface area (Å²) in [5.74, 6) is -0.984. The highest BCUT2D eigenvalue weighted by Crippen LogP contribution is 2.12. The number of rotatable bonds is 42. The maximum absolute atomic E-state index is 12.7. The highest BCUT2D eigenvalue weighted by molar-refractivity contribution is 5.71. The van der Waals surface area contributed by atoms with Gasteiger partial charge in [-0.05, 0) is 109 Å². The molecule has 0 amide bonds. The van der Waals surface area contributed by atoms with Crippen LogP contribution in [0.15, 0.2) is 97.2 Å². The molecule has 0 N–H and O–H groups in total. The van der Waals surface area contributed by atoms with Crippen molar-refractivity contribution in [2.45, 2.75) is 213 Å². The minimum Gasteiger partial charge on any atom is -0.462 e. The summed E-state index contributed by atoms with van der Waals surface area (Å²) in [4.78, 5) is 37.8. The van der Waals surface area contributed by atoms with Crippen molar-refractivity contribution in [2.24, 2.45) is 0 Å². The van der Waals surface area contributed by atoms with E-state index in [1.54, 1.807) is 0 Å². The third-order valence-electron chi connectivity index (χ3n) is 9.80. The minimum absolute atomic E-state index is 0.104. The molecule has 0 aromatic carbocycles. The van der Waals surface area contributed by atoms with E-state index in [4.69, 9.17) is 14.2 Å². The van der Waals surface area contributed by atoms with Gasteiger partial charge in [-0.15, -0.1) is 0 Å². The van der Waals surface area contributed by atoms with Crippen molar-refractivity contribution in [3.8, 4) is 0 Å². The quantitative estimate of drug-likeness (QED) is 0.0264. The molecule has 0 aromatic rings. The normalized spacial score (nSPS) is 12.9. The van der Waals surface area contributed by atoms with Gasteiger partial charge < -0.3 is 14.2 Å². The Morgan fingerprint density at radius 2 is 0.667 bits per heavy atom. The smallest absolute Gasteiger partial charge is 0.306 e. The van der Waals surface area contributed by atoms with Crippen LogP contribution in [-0.2, 0) is 28.6 Å². The van der Waals surface area contributed by atoms with Crippen LogP contribution in [0.5, 0.6) is 0 Å². The number of carbonyl (C=O) groups excluding carboxylic acids is 3. The molecule has 0 radical (unpaired) electrons. The second-order valence-corrected chi connectivity index (χ2v) is 15.6. The van der Waals surface area contributed by atoms with E-state index in [1.165, 1.54) is 38.5 Å². The molecule has 1 unspecified atom stereocenters. The zero-order chi connectivity index (χ0) is 43.7. The average Bonchev–Trinajstić information content (AvgIpc) is 3.24. The zero-order valence-electron chi connectivity index (χ0n) is 38.7. The van der Waals surface area contributed by atoms with Gasteiger partial charge in [0.05, 0.1) is 0 Å². The lowest BCUT2D eigenvalue weighted by atomic mass is 10.1. The van der Waals surface area contributed by atoms with Crippen molar-refractivity contribution in [3.63, 3.8) is 0 Å². The maximum Gasteiger partial charge on any atom is 0.306 e. The third-order valence-corrected chi connectivity index (χ3v) is 9.80. The molecule has 0 rings (SSSR count). The van der Waals surface area contributed by atoms with Crippen molar-refractivity contribution in [3.05, 3.63) is 97.2 Å². The first-order chi connectivity index (χ1) is 29.5. The van der Waals surface area contributed by atoms with Gasteiger partial charge in [-0.25, -0.2) is 0 Å². The molecule has 0 saturated carbocycles. The first kappa shape index (κ1) is 56.3. The maximum atomic E-state index is 12.7. The zero-order valence-corrected chi connectivity index (χ0v) is 38.7. The fourth-order valence-electron chi connectivity index (χ4n) is 6.21. The van der Waals surface area contributed by atoms with E-state index in [1.807, 2.05) is 0 Å². The molecule has 6 heteroatoms. The molecule has 6 nitrogen and oxygen atoms in total. The molecule has 0 spiro atoms. The van der Waals surface area contributed by atoms with Crippen molar-refractivity contribution in [1.29, 1.82) is 0 Å². The topological polar surface area (TPSA) is 78.9 Å². The van der Waals surface area contributed by atoms with E-state index in [9.17, 15) is 14.4 Å². The molecule has 0 aliphatic carbocycles. The van der Waals surface area contributed by atoms with Crippen molar-refractivity contribution >= 4 is 17.9 Å². The Kier molecular flexibility index (Phi) is 45.1. The first-order valence-corrected chi connectivity index (χ1v) is 24.2. The molecule has 0 bridgehead atoms. The fourth-order valence-corrected chi connectivity index (χ4v) is 6.21. The lowest BCUT2D eigenvalue weighted by Gasteiger charge is -2.18. The third kappa shape index (κ3) is 45.4. The summed E-state index contributed by atoms with van der Waals surface area (Å²) in [5, 5.41) is 0. The lowest BCUT2D eigenvalue weighted by Crippen LogP contribution is -2.30. The highest BCUT2D eigenvalue weighted by atomic mass is 16.6. The van der Waals surface area contributed by atoms with Gasteiger partial charge in [0.2, 0.25) is 0 Å². The second kappa shape index (κ2) is 48.0. The Morgan fingerprint density at radius 1 is 0.350 bits per heavy atom. The summed E-state index contributed by atoms with van der Waals surface area (Å²) in [5.41, 5.74) is 0. The van der Waals surface area contributed by atoms with Gasteiger partial charge in [0.1, 0.15) is 13.2 Å². The number of unbranched alkanes of at least 4 members (excludes halogenated alkanes) is 15. The van der Waals surface area contributed by atoms with E-state index in [0.717, 1.165) is 122 Å². The van der Waals surface area contributed by atoms with Gasteiger partial charge in [-0.3, -0.25) is 14.4 Å². The summed E-state index contributed by atoms with van der Waals surface area (Å²) < 4.78 is 16.7. The van der Waals surface area contributed by atoms with Crippen LogP contribution in [0.2, 0.25) is 0 Å². The van der Waals surface area contributed by atoms with Gasteiger partial charge in [0.15, 0.2) is 6.10 Å². The molecule has 60 heavy (non-hydrogen) atoms. The van der Waals surface area contributed by atoms with Crippen LogP contribution in [0.3, 0.4) is 0 Å². The Morgan fingerprint density at radius 3 is 1.10 bits per heavy atom. The van der Waals surface area contributed by atoms with Crippen LogP contribution < -0.4 is 0 Å². The van der Waals surface area contributed by atoms with Crippen LogP contribution in [0.1, 0.15) is 207 Å². The van der Waals surface area contributed by atoms with Crippen molar-refractivity contribution < 1.29 is 28.6 Å². The van der Waals surface area contributed by atoms with E-state index in [0.29, 0.717) is 25.7 Å². The molecule has 0 aliphatic rings. The van der Waals surface area contributed by atoms with Gasteiger partial charge >= 0.3 is 17.9 Å². The van der Waals surface area contributed by atoms with E-state index in [-0.39, 0.29) is 31.1 Å². The van der Waals surface area contributed by atoms with Crippen LogP contribution in [0.25, 0.3) is 0 Å². The van der Waals surface area contributed by atoms with Crippen molar-refractivity contribution in [2.75, 3.05) is 13.2 Å². The lowest BCUT2D eigenvalue weighted by molar-refractivity contribution is -0.167. The summed E-state index contributed by atoms with van der Waals surface area (Å²) in [6.45, 7) is 6.30. The Balaban J connectivity index is 4.42. The van der Waals surface area contributed by atoms with Gasteiger partial charge in [0, 0.05) is 19.3 Å². The number of hydrogen-bond donors (Lipinski definition) is 0. The fraction of sp³-hybridized carbons (Fsp3) is 0.648. The molecule has 1 atom stereocenters. The van der Waals surface area contributed by atoms with E-state index >= 15 is 0 Å². The number of allylic oxidation sites excluding steroid dienone is 16. The first-order valence-electron chi connectivity index (χ1n) is 24.2. The molecule has 340 valence electrons. The molecule has 0 saturated heterocycles. The number of hydrogen-bond acceptors (Lipinski definition) is 6. The summed E-state index contributed by atoms with van der Waals surface area (Å²) in [7, 11) is 0. The Labute approximate surface area is 368 Å². The van der Waals surface area contributed by atoms with Crippen LogP contribution in [0.4, 0.5) is 0 Å². The van der Waals surface area contributed by atoms with E-state index < -0.39 is 6.10 Å². The molecular formula is C54H88O6. The van der Waals surface area contributed by atoms with Gasteiger partial charge in [-0.2, -0.15) is 0 Å². The van der Waals surface area contributed by atoms with Gasteiger partial charge in [0.25, 0.3) is 0 Å². The van der Waals surface area contributed by atoms with Crippen LogP contribution in [-0.4, -0.2) is 37.2 Å². The molecule has 0 aliphatic heterocycles. The monoisotopic (exact) mass is 833 g/mol. The van der Waals surface area contributed by atoms with Crippen LogP contribution >= 0.6 is 0 Å². The SMILES string of the molecule is CC/C=C\C/C=C\C/C=C\C/C=C\CCCCCCCCC(=O)OCC(COC(=O)CCC/C=C\CCCCCC)OC(=O)CCCCCC/C=C\C/C=C\C/C=C\CC. The largest absolute Gasteiger partial charge is 0.462 e. The van der Waals surface area contributed by atoms with Crippen molar-refractivity contribution in [1.82, 2.24) is 0 Å². The Hall–Kier alpha value is -3.67. The minimum atomic E-state index is -0.805. The summed E-state index contributed by atoms with van der Waals surface area (Å²) >= 11 is 0. The van der Waals surface area contributed by atoms with Crippen LogP contribution in [0, 0.1) is 0 Å². The summed E-state index contributed by atoms with van der Waals surface area (Å²) in [6, 6.07) is 0. The predicted octanol–water partition coefficient (Wildman–Crippen LogP) is 15.8. The molecule has 0 heterocycles. The number of esters is 3. The predicted molar refractivity (Wildman–Crippen MR) is 256 cm³/mol. The molecule has 0 aromatic heterocycles. The standard InChI is InChI=1S/C54H88O6/c1-4-7-10-13-16-19-21-23-25-26-27-28-29-31-32-35-38-41-44-47-53(56)59-50-51(49-58-52(55)46-43-40-37-34-18-15-12-9-6-3)60-54(57)48-45-42-39-36-33-30-24-22-20-17-14-11-8-5-2/h7-8,10-11,16-17,19-20,23-25,27-28,30,34,37,51H,4-6,9,12-15,18,21-22,26,29,31-33,35-36,38-50H2,1-3H3/b10-7-,11-8-,19-16-,20-17-,25-23-,28-27-,30-24-,37-34-. The number of carbonyl (C=O) groups is 3. The highest BCUT2D eigenvalue weighted by Gasteiger charge is 2.19. The number of ether oxygens (including phenoxy) is 3.